The van der Waals surface area contributed by atoms with E-state index in [9.17, 15) is 8.42 Å². The van der Waals surface area contributed by atoms with Crippen LogP contribution in [0, 0.1) is 0 Å². The molecule has 2 atom stereocenters. The van der Waals surface area contributed by atoms with E-state index in [4.69, 9.17) is 33.7 Å². The van der Waals surface area contributed by atoms with E-state index in [2.05, 4.69) is 11.1 Å². The van der Waals surface area contributed by atoms with Crippen molar-refractivity contribution in [3.63, 3.8) is 0 Å². The molecule has 2 aromatic carbocycles. The van der Waals surface area contributed by atoms with E-state index in [1.807, 2.05) is 30.3 Å². The molecule has 9 heteroatoms. The summed E-state index contributed by atoms with van der Waals surface area (Å²) in [5.41, 5.74) is 10.0. The minimum absolute atomic E-state index is 0.0141. The Balaban J connectivity index is 1.42. The Morgan fingerprint density at radius 2 is 2.00 bits per heavy atom. The van der Waals surface area contributed by atoms with E-state index in [-0.39, 0.29) is 22.7 Å². The van der Waals surface area contributed by atoms with Crippen LogP contribution in [-0.2, 0) is 29.7 Å². The molecule has 0 radical (unpaired) electrons. The molecule has 0 amide bonds. The van der Waals surface area contributed by atoms with Gasteiger partial charge in [-0.05, 0) is 66.6 Å². The molecule has 0 spiro atoms. The highest BCUT2D eigenvalue weighted by Gasteiger charge is 2.28. The van der Waals surface area contributed by atoms with Crippen LogP contribution in [0.25, 0.3) is 0 Å². The number of rotatable bonds is 8. The van der Waals surface area contributed by atoms with Crippen LogP contribution in [0.2, 0.25) is 10.0 Å². The van der Waals surface area contributed by atoms with Crippen LogP contribution in [0.15, 0.2) is 53.9 Å². The minimum Gasteiger partial charge on any atom is -0.494 e. The van der Waals surface area contributed by atoms with Crippen LogP contribution < -0.4 is 10.5 Å². The van der Waals surface area contributed by atoms with Gasteiger partial charge in [-0.25, -0.2) is 13.4 Å². The third-order valence-electron chi connectivity index (χ3n) is 6.05. The summed E-state index contributed by atoms with van der Waals surface area (Å²) in [5, 5.41) is 1.17. The molecule has 176 valence electrons. The second-order valence-electron chi connectivity index (χ2n) is 8.52. The maximum Gasteiger partial charge on any atom is 0.197 e. The fourth-order valence-corrected chi connectivity index (χ4v) is 5.83. The highest BCUT2D eigenvalue weighted by Crippen LogP contribution is 2.36. The van der Waals surface area contributed by atoms with Gasteiger partial charge in [-0.2, -0.15) is 0 Å². The number of benzene rings is 2. The monoisotopic (exact) mass is 507 g/mol. The molecule has 1 heterocycles. The molecule has 0 fully saturated rings. The van der Waals surface area contributed by atoms with Crippen LogP contribution in [0.3, 0.4) is 0 Å². The van der Waals surface area contributed by atoms with Crippen molar-refractivity contribution in [2.75, 3.05) is 12.4 Å². The lowest BCUT2D eigenvalue weighted by Crippen LogP contribution is -2.34. The van der Waals surface area contributed by atoms with Gasteiger partial charge < -0.3 is 15.0 Å². The zero-order valence-corrected chi connectivity index (χ0v) is 20.7. The van der Waals surface area contributed by atoms with Gasteiger partial charge in [-0.3, -0.25) is 0 Å². The van der Waals surface area contributed by atoms with Gasteiger partial charge in [0.2, 0.25) is 0 Å². The number of imidazole rings is 1. The molecule has 4 rings (SSSR count). The Morgan fingerprint density at radius 3 is 2.73 bits per heavy atom. The molecule has 1 aliphatic rings. The Kier molecular flexibility index (Phi) is 7.34. The summed E-state index contributed by atoms with van der Waals surface area (Å²) in [6.07, 6.45) is 5.98. The summed E-state index contributed by atoms with van der Waals surface area (Å²) < 4.78 is 32.3. The van der Waals surface area contributed by atoms with Crippen molar-refractivity contribution < 1.29 is 13.2 Å². The number of aromatic nitrogens is 2. The van der Waals surface area contributed by atoms with Crippen molar-refractivity contribution in [2.45, 2.75) is 42.7 Å². The van der Waals surface area contributed by atoms with Gasteiger partial charge in [0, 0.05) is 25.2 Å². The van der Waals surface area contributed by atoms with Crippen LogP contribution in [0.5, 0.6) is 5.75 Å². The zero-order chi connectivity index (χ0) is 23.6. The molecule has 0 aliphatic heterocycles. The highest BCUT2D eigenvalue weighted by atomic mass is 35.5. The number of fused-ring (bicyclic) bond motifs is 1. The Morgan fingerprint density at radius 1 is 1.18 bits per heavy atom. The standard InChI is InChI=1S/C24H27Cl2N3O3S/c1-29-14-24(28-15-29)33(30,31)10-2-9-32-18-6-4-17-5-8-23(27)20(19(17)13-18)11-16-3-7-21(25)22(26)12-16/h3-4,6-7,12-15,20,23H,2,5,8-11,27H2,1H3. The van der Waals surface area contributed by atoms with Gasteiger partial charge in [0.1, 0.15) is 5.75 Å². The summed E-state index contributed by atoms with van der Waals surface area (Å²) >= 11 is 12.3. The minimum atomic E-state index is -3.41. The summed E-state index contributed by atoms with van der Waals surface area (Å²) in [5.74, 6) is 0.844. The van der Waals surface area contributed by atoms with Gasteiger partial charge >= 0.3 is 0 Å². The number of nitrogens with zero attached hydrogens (tertiary/aromatic N) is 2. The van der Waals surface area contributed by atoms with Gasteiger partial charge in [0.05, 0.1) is 28.7 Å². The van der Waals surface area contributed by atoms with E-state index < -0.39 is 9.84 Å². The molecule has 3 aromatic rings. The molecule has 2 N–H and O–H groups in total. The van der Waals surface area contributed by atoms with Crippen LogP contribution in [-0.4, -0.2) is 36.4 Å². The lowest BCUT2D eigenvalue weighted by molar-refractivity contribution is 0.316. The number of hydrogen-bond acceptors (Lipinski definition) is 5. The van der Waals surface area contributed by atoms with Crippen LogP contribution >= 0.6 is 23.2 Å². The lowest BCUT2D eigenvalue weighted by atomic mass is 9.76. The number of ether oxygens (including phenoxy) is 1. The van der Waals surface area contributed by atoms with Crippen molar-refractivity contribution in [2.24, 2.45) is 12.8 Å². The summed E-state index contributed by atoms with van der Waals surface area (Å²) in [7, 11) is -1.67. The Hall–Kier alpha value is -2.06. The van der Waals surface area contributed by atoms with E-state index in [1.165, 1.54) is 23.7 Å². The maximum absolute atomic E-state index is 12.4. The second-order valence-corrected chi connectivity index (χ2v) is 11.4. The van der Waals surface area contributed by atoms with Gasteiger partial charge in [0.15, 0.2) is 14.9 Å². The number of aryl methyl sites for hydroxylation is 2. The predicted molar refractivity (Wildman–Crippen MR) is 131 cm³/mol. The molecule has 0 saturated heterocycles. The number of nitrogens with two attached hydrogens (primary N) is 1. The molecule has 6 nitrogen and oxygen atoms in total. The van der Waals surface area contributed by atoms with E-state index in [0.717, 1.165) is 30.6 Å². The van der Waals surface area contributed by atoms with Gasteiger partial charge in [-0.1, -0.05) is 35.3 Å². The largest absolute Gasteiger partial charge is 0.494 e. The zero-order valence-electron chi connectivity index (χ0n) is 18.4. The van der Waals surface area contributed by atoms with Crippen LogP contribution in [0.4, 0.5) is 0 Å². The van der Waals surface area contributed by atoms with E-state index in [1.54, 1.807) is 11.6 Å². The summed E-state index contributed by atoms with van der Waals surface area (Å²) in [4.78, 5) is 3.94. The molecule has 1 aromatic heterocycles. The quantitative estimate of drug-likeness (QED) is 0.451. The molecular formula is C24H27Cl2N3O3S. The van der Waals surface area contributed by atoms with Crippen molar-refractivity contribution >= 4 is 33.0 Å². The third kappa shape index (κ3) is 5.72. The fraction of sp³-hybridized carbons (Fsp3) is 0.375. The van der Waals surface area contributed by atoms with Gasteiger partial charge in [0.25, 0.3) is 0 Å². The summed E-state index contributed by atoms with van der Waals surface area (Å²) in [6, 6.07) is 11.8. The topological polar surface area (TPSA) is 87.2 Å². The molecule has 1 aliphatic carbocycles. The van der Waals surface area contributed by atoms with E-state index >= 15 is 0 Å². The first kappa shape index (κ1) is 24.1. The first-order valence-electron chi connectivity index (χ1n) is 10.9. The molecule has 0 bridgehead atoms. The van der Waals surface area contributed by atoms with Crippen molar-refractivity contribution in [3.05, 3.63) is 75.7 Å². The number of hydrogen-bond donors (Lipinski definition) is 1. The molecule has 0 saturated carbocycles. The summed E-state index contributed by atoms with van der Waals surface area (Å²) in [6.45, 7) is 0.300. The number of halogens is 2. The predicted octanol–water partition coefficient (Wildman–Crippen LogP) is 4.57. The van der Waals surface area contributed by atoms with Crippen molar-refractivity contribution in [3.8, 4) is 5.75 Å². The first-order chi connectivity index (χ1) is 15.7. The van der Waals surface area contributed by atoms with Crippen LogP contribution in [0.1, 0.15) is 35.4 Å². The van der Waals surface area contributed by atoms with E-state index in [0.29, 0.717) is 23.1 Å². The highest BCUT2D eigenvalue weighted by molar-refractivity contribution is 7.91. The second kappa shape index (κ2) is 10.1. The van der Waals surface area contributed by atoms with Gasteiger partial charge in [-0.15, -0.1) is 0 Å². The van der Waals surface area contributed by atoms with Crippen molar-refractivity contribution in [1.82, 2.24) is 9.55 Å². The lowest BCUT2D eigenvalue weighted by Gasteiger charge is -2.32. The Bertz CT molecular complexity index is 1240. The molecular weight excluding hydrogens is 481 g/mol. The smallest absolute Gasteiger partial charge is 0.197 e. The molecule has 2 unspecified atom stereocenters. The first-order valence-corrected chi connectivity index (χ1v) is 13.3. The normalized spacial score (nSPS) is 18.2. The Labute approximate surface area is 204 Å². The molecule has 33 heavy (non-hydrogen) atoms. The third-order valence-corrected chi connectivity index (χ3v) is 8.46. The average molecular weight is 508 g/mol. The maximum atomic E-state index is 12.4. The fourth-order valence-electron chi connectivity index (χ4n) is 4.26. The van der Waals surface area contributed by atoms with Crippen molar-refractivity contribution in [1.29, 1.82) is 0 Å². The SMILES string of the molecule is Cn1cnc(S(=O)(=O)CCCOc2ccc3c(c2)C(Cc2ccc(Cl)c(Cl)c2)C(N)CC3)c1. The number of sulfone groups is 1. The average Bonchev–Trinajstić information content (AvgIpc) is 3.23.